The van der Waals surface area contributed by atoms with Crippen molar-refractivity contribution in [2.24, 2.45) is 11.7 Å². The molecule has 0 aliphatic carbocycles. The topological polar surface area (TPSA) is 52.3 Å². The van der Waals surface area contributed by atoms with Gasteiger partial charge < -0.3 is 10.5 Å². The molecule has 0 bridgehead atoms. The predicted molar refractivity (Wildman–Crippen MR) is 44.0 cm³/mol. The minimum Gasteiger partial charge on any atom is -0.469 e. The van der Waals surface area contributed by atoms with Crippen LogP contribution in [0.25, 0.3) is 0 Å². The summed E-state index contributed by atoms with van der Waals surface area (Å²) >= 11 is 0. The largest absolute Gasteiger partial charge is 0.469 e. The average molecular weight is 157 g/mol. The SMILES string of the molecule is C=C(C)C(N)C(C)C(=O)OC. The lowest BCUT2D eigenvalue weighted by Crippen LogP contribution is -2.34. The number of esters is 1. The lowest BCUT2D eigenvalue weighted by Gasteiger charge is -2.17. The number of nitrogens with two attached hydrogens (primary N) is 1. The monoisotopic (exact) mass is 157 g/mol. The first kappa shape index (κ1) is 10.2. The van der Waals surface area contributed by atoms with E-state index in [4.69, 9.17) is 5.73 Å². The van der Waals surface area contributed by atoms with Gasteiger partial charge in [0.1, 0.15) is 0 Å². The molecule has 0 rings (SSSR count). The van der Waals surface area contributed by atoms with Crippen LogP contribution in [0, 0.1) is 5.92 Å². The van der Waals surface area contributed by atoms with Gasteiger partial charge in [0, 0.05) is 6.04 Å². The van der Waals surface area contributed by atoms with Gasteiger partial charge in [-0.15, -0.1) is 0 Å². The fourth-order valence-corrected chi connectivity index (χ4v) is 0.759. The molecule has 0 amide bonds. The Balaban J connectivity index is 4.12. The molecule has 0 aliphatic heterocycles. The first-order chi connectivity index (χ1) is 5.00. The first-order valence-electron chi connectivity index (χ1n) is 3.49. The minimum absolute atomic E-state index is 0.291. The number of carbonyl (C=O) groups excluding carboxylic acids is 1. The van der Waals surface area contributed by atoms with Crippen LogP contribution >= 0.6 is 0 Å². The smallest absolute Gasteiger partial charge is 0.310 e. The Hall–Kier alpha value is -0.830. The Morgan fingerprint density at radius 1 is 1.64 bits per heavy atom. The van der Waals surface area contributed by atoms with E-state index >= 15 is 0 Å². The van der Waals surface area contributed by atoms with Crippen molar-refractivity contribution in [2.75, 3.05) is 7.11 Å². The van der Waals surface area contributed by atoms with Crippen LogP contribution in [0.1, 0.15) is 13.8 Å². The molecule has 0 aromatic carbocycles. The zero-order valence-electron chi connectivity index (χ0n) is 7.26. The van der Waals surface area contributed by atoms with E-state index in [0.717, 1.165) is 5.57 Å². The molecule has 2 N–H and O–H groups in total. The summed E-state index contributed by atoms with van der Waals surface area (Å²) in [5.74, 6) is -0.599. The molecule has 0 aromatic heterocycles. The highest BCUT2D eigenvalue weighted by Gasteiger charge is 2.21. The van der Waals surface area contributed by atoms with Gasteiger partial charge in [-0.05, 0) is 6.92 Å². The fraction of sp³-hybridized carbons (Fsp3) is 0.625. The van der Waals surface area contributed by atoms with E-state index in [0.29, 0.717) is 0 Å². The Kier molecular flexibility index (Phi) is 3.82. The van der Waals surface area contributed by atoms with E-state index in [1.54, 1.807) is 13.8 Å². The van der Waals surface area contributed by atoms with E-state index < -0.39 is 0 Å². The molecule has 0 aliphatic rings. The van der Waals surface area contributed by atoms with Gasteiger partial charge in [0.05, 0.1) is 13.0 Å². The van der Waals surface area contributed by atoms with Crippen LogP contribution in [0.2, 0.25) is 0 Å². The summed E-state index contributed by atoms with van der Waals surface area (Å²) in [6, 6.07) is -0.303. The molecule has 2 unspecified atom stereocenters. The molecule has 2 atom stereocenters. The number of ether oxygens (including phenoxy) is 1. The maximum Gasteiger partial charge on any atom is 0.310 e. The van der Waals surface area contributed by atoms with Gasteiger partial charge in [-0.3, -0.25) is 4.79 Å². The highest BCUT2D eigenvalue weighted by molar-refractivity contribution is 5.73. The summed E-state index contributed by atoms with van der Waals surface area (Å²) in [7, 11) is 1.35. The predicted octanol–water partition coefficient (Wildman–Crippen LogP) is 0.699. The first-order valence-corrected chi connectivity index (χ1v) is 3.49. The second-order valence-corrected chi connectivity index (χ2v) is 2.68. The van der Waals surface area contributed by atoms with Crippen molar-refractivity contribution < 1.29 is 9.53 Å². The molecule has 0 heterocycles. The molecule has 0 radical (unpaired) electrons. The third-order valence-corrected chi connectivity index (χ3v) is 1.68. The Morgan fingerprint density at radius 3 is 2.36 bits per heavy atom. The van der Waals surface area contributed by atoms with Crippen molar-refractivity contribution in [1.82, 2.24) is 0 Å². The van der Waals surface area contributed by atoms with Crippen molar-refractivity contribution in [1.29, 1.82) is 0 Å². The summed E-state index contributed by atoms with van der Waals surface area (Å²) in [4.78, 5) is 10.9. The summed E-state index contributed by atoms with van der Waals surface area (Å²) < 4.78 is 4.52. The highest BCUT2D eigenvalue weighted by atomic mass is 16.5. The maximum absolute atomic E-state index is 10.9. The van der Waals surface area contributed by atoms with Crippen molar-refractivity contribution in [2.45, 2.75) is 19.9 Å². The maximum atomic E-state index is 10.9. The molecule has 0 saturated heterocycles. The molecule has 3 nitrogen and oxygen atoms in total. The number of carbonyl (C=O) groups is 1. The third kappa shape index (κ3) is 2.72. The third-order valence-electron chi connectivity index (χ3n) is 1.68. The molecule has 0 fully saturated rings. The molecular formula is C8H15NO2. The molecule has 0 saturated carbocycles. The highest BCUT2D eigenvalue weighted by Crippen LogP contribution is 2.08. The lowest BCUT2D eigenvalue weighted by molar-refractivity contribution is -0.145. The lowest BCUT2D eigenvalue weighted by atomic mass is 9.98. The summed E-state index contributed by atoms with van der Waals surface area (Å²) in [5, 5.41) is 0. The zero-order valence-corrected chi connectivity index (χ0v) is 7.26. The van der Waals surface area contributed by atoms with Gasteiger partial charge in [0.25, 0.3) is 0 Å². The molecule has 11 heavy (non-hydrogen) atoms. The Labute approximate surface area is 67.2 Å². The number of hydrogen-bond donors (Lipinski definition) is 1. The Morgan fingerprint density at radius 2 is 2.09 bits per heavy atom. The van der Waals surface area contributed by atoms with Gasteiger partial charge in [-0.2, -0.15) is 0 Å². The second-order valence-electron chi connectivity index (χ2n) is 2.68. The van der Waals surface area contributed by atoms with Gasteiger partial charge >= 0.3 is 5.97 Å². The normalized spacial score (nSPS) is 15.3. The van der Waals surface area contributed by atoms with Crippen LogP contribution in [0.4, 0.5) is 0 Å². The van der Waals surface area contributed by atoms with Crippen LogP contribution < -0.4 is 5.73 Å². The number of methoxy groups -OCH3 is 1. The van der Waals surface area contributed by atoms with Crippen LogP contribution in [-0.4, -0.2) is 19.1 Å². The second kappa shape index (κ2) is 4.13. The minimum atomic E-state index is -0.308. The molecule has 0 aromatic rings. The molecule has 3 heteroatoms. The van der Waals surface area contributed by atoms with Crippen molar-refractivity contribution >= 4 is 5.97 Å². The molecular weight excluding hydrogens is 142 g/mol. The van der Waals surface area contributed by atoms with Crippen LogP contribution in [-0.2, 0) is 9.53 Å². The fourth-order valence-electron chi connectivity index (χ4n) is 0.759. The standard InChI is InChI=1S/C8H15NO2/c1-5(2)7(9)6(3)8(10)11-4/h6-7H,1,9H2,2-4H3. The number of hydrogen-bond acceptors (Lipinski definition) is 3. The van der Waals surface area contributed by atoms with Gasteiger partial charge in [-0.1, -0.05) is 19.1 Å². The van der Waals surface area contributed by atoms with Gasteiger partial charge in [0.2, 0.25) is 0 Å². The Bertz CT molecular complexity index is 165. The van der Waals surface area contributed by atoms with Crippen LogP contribution in [0.15, 0.2) is 12.2 Å². The molecule has 64 valence electrons. The van der Waals surface area contributed by atoms with E-state index in [1.807, 2.05) is 0 Å². The summed E-state index contributed by atoms with van der Waals surface area (Å²) in [6.07, 6.45) is 0. The van der Waals surface area contributed by atoms with E-state index in [-0.39, 0.29) is 17.9 Å². The summed E-state index contributed by atoms with van der Waals surface area (Å²) in [6.45, 7) is 7.18. The molecule has 0 spiro atoms. The quantitative estimate of drug-likeness (QED) is 0.484. The van der Waals surface area contributed by atoms with Gasteiger partial charge in [0.15, 0.2) is 0 Å². The van der Waals surface area contributed by atoms with Crippen molar-refractivity contribution in [3.05, 3.63) is 12.2 Å². The summed E-state index contributed by atoms with van der Waals surface area (Å²) in [5.41, 5.74) is 6.43. The number of rotatable bonds is 3. The van der Waals surface area contributed by atoms with Crippen LogP contribution in [0.5, 0.6) is 0 Å². The van der Waals surface area contributed by atoms with Gasteiger partial charge in [-0.25, -0.2) is 0 Å². The van der Waals surface area contributed by atoms with E-state index in [1.165, 1.54) is 7.11 Å². The van der Waals surface area contributed by atoms with Crippen LogP contribution in [0.3, 0.4) is 0 Å². The van der Waals surface area contributed by atoms with Crippen molar-refractivity contribution in [3.63, 3.8) is 0 Å². The van der Waals surface area contributed by atoms with Crippen molar-refractivity contribution in [3.8, 4) is 0 Å². The van der Waals surface area contributed by atoms with E-state index in [9.17, 15) is 4.79 Å². The average Bonchev–Trinajstić information content (AvgIpc) is 2.00. The van der Waals surface area contributed by atoms with E-state index in [2.05, 4.69) is 11.3 Å². The zero-order chi connectivity index (χ0) is 9.02.